The number of carbonyl (C=O) groups is 2. The van der Waals surface area contributed by atoms with Crippen molar-refractivity contribution < 1.29 is 22.7 Å². The first kappa shape index (κ1) is 23.2. The van der Waals surface area contributed by atoms with Crippen LogP contribution in [0.4, 0.5) is 0 Å². The van der Waals surface area contributed by atoms with Gasteiger partial charge in [-0.05, 0) is 38.3 Å². The molecule has 2 heterocycles. The number of carbonyl (C=O) groups excluding carboxylic acids is 2. The number of hydrogen-bond acceptors (Lipinski definition) is 7. The molecule has 0 bridgehead atoms. The number of fused-ring (bicyclic) bond motifs is 1. The van der Waals surface area contributed by atoms with Crippen molar-refractivity contribution in [2.45, 2.75) is 57.9 Å². The Morgan fingerprint density at radius 2 is 1.97 bits per heavy atom. The Bertz CT molecular complexity index is 1060. The van der Waals surface area contributed by atoms with Gasteiger partial charge in [-0.25, -0.2) is 13.4 Å². The van der Waals surface area contributed by atoms with Gasteiger partial charge in [0.1, 0.15) is 0 Å². The fourth-order valence-corrected chi connectivity index (χ4v) is 7.83. The molecule has 1 aromatic carbocycles. The molecule has 0 spiro atoms. The van der Waals surface area contributed by atoms with Gasteiger partial charge in [0.2, 0.25) is 0 Å². The van der Waals surface area contributed by atoms with E-state index in [0.29, 0.717) is 19.4 Å². The smallest absolute Gasteiger partial charge is 0.313 e. The molecule has 1 saturated carbocycles. The van der Waals surface area contributed by atoms with Gasteiger partial charge in [0.25, 0.3) is 5.91 Å². The van der Waals surface area contributed by atoms with Gasteiger partial charge >= 0.3 is 5.97 Å². The number of para-hydroxylation sites is 1. The number of likely N-dealkylation sites (N-methyl/N-ethyl adjacent to an activating group) is 1. The van der Waals surface area contributed by atoms with Crippen LogP contribution in [0.15, 0.2) is 24.3 Å². The van der Waals surface area contributed by atoms with Crippen molar-refractivity contribution in [1.82, 2.24) is 9.88 Å². The third kappa shape index (κ3) is 4.98. The summed E-state index contributed by atoms with van der Waals surface area (Å²) in [5.74, 6) is -0.567. The lowest BCUT2D eigenvalue weighted by atomic mass is 9.72. The van der Waals surface area contributed by atoms with Gasteiger partial charge < -0.3 is 9.64 Å². The summed E-state index contributed by atoms with van der Waals surface area (Å²) < 4.78 is 30.3. The number of esters is 1. The van der Waals surface area contributed by atoms with Crippen molar-refractivity contribution in [2.24, 2.45) is 5.41 Å². The highest BCUT2D eigenvalue weighted by atomic mass is 32.2. The van der Waals surface area contributed by atoms with Gasteiger partial charge in [0.15, 0.2) is 16.4 Å². The van der Waals surface area contributed by atoms with Crippen LogP contribution in [0, 0.1) is 5.41 Å². The maximum atomic E-state index is 13.3. The second-order valence-electron chi connectivity index (χ2n) is 8.91. The van der Waals surface area contributed by atoms with Crippen molar-refractivity contribution in [3.8, 4) is 0 Å². The van der Waals surface area contributed by atoms with Crippen LogP contribution in [-0.2, 0) is 30.6 Å². The minimum absolute atomic E-state index is 0.0118. The number of hydrogen-bond donors (Lipinski definition) is 0. The number of benzene rings is 1. The van der Waals surface area contributed by atoms with E-state index >= 15 is 0 Å². The first-order chi connectivity index (χ1) is 15.3. The first-order valence-electron chi connectivity index (χ1n) is 11.3. The molecular weight excluding hydrogens is 448 g/mol. The molecule has 1 saturated heterocycles. The molecular formula is C23H30N2O5S2. The van der Waals surface area contributed by atoms with Gasteiger partial charge in [-0.15, -0.1) is 11.3 Å². The minimum atomic E-state index is -3.10. The highest BCUT2D eigenvalue weighted by molar-refractivity contribution is 7.91. The van der Waals surface area contributed by atoms with Crippen molar-refractivity contribution in [1.29, 1.82) is 0 Å². The number of nitrogens with zero attached hydrogens (tertiary/aromatic N) is 2. The van der Waals surface area contributed by atoms with E-state index in [1.807, 2.05) is 31.2 Å². The van der Waals surface area contributed by atoms with E-state index in [1.54, 1.807) is 16.2 Å². The fraction of sp³-hybridized carbons (Fsp3) is 0.609. The van der Waals surface area contributed by atoms with Crippen LogP contribution in [0.2, 0.25) is 0 Å². The lowest BCUT2D eigenvalue weighted by molar-refractivity contribution is -0.163. The summed E-state index contributed by atoms with van der Waals surface area (Å²) in [5, 5.41) is 0.919. The average Bonchev–Trinajstić information content (AvgIpc) is 3.35. The number of sulfone groups is 1. The highest BCUT2D eigenvalue weighted by Crippen LogP contribution is 2.41. The molecule has 1 aliphatic carbocycles. The average molecular weight is 479 g/mol. The molecule has 7 nitrogen and oxygen atoms in total. The van der Waals surface area contributed by atoms with Crippen molar-refractivity contribution in [3.05, 3.63) is 29.3 Å². The first-order valence-corrected chi connectivity index (χ1v) is 14.0. The Kier molecular flexibility index (Phi) is 6.86. The molecule has 2 fully saturated rings. The fourth-order valence-electron chi connectivity index (χ4n) is 4.99. The Morgan fingerprint density at radius 1 is 1.22 bits per heavy atom. The Balaban J connectivity index is 1.44. The molecule has 4 rings (SSSR count). The van der Waals surface area contributed by atoms with Crippen LogP contribution < -0.4 is 0 Å². The van der Waals surface area contributed by atoms with Gasteiger partial charge in [-0.2, -0.15) is 0 Å². The molecule has 1 amide bonds. The maximum absolute atomic E-state index is 13.3. The normalized spacial score (nSPS) is 22.0. The number of rotatable bonds is 7. The van der Waals surface area contributed by atoms with E-state index in [9.17, 15) is 18.0 Å². The molecule has 0 N–H and O–H groups in total. The molecule has 1 aromatic heterocycles. The van der Waals surface area contributed by atoms with E-state index in [4.69, 9.17) is 9.72 Å². The SMILES string of the molecule is CCN(C(=O)COC(=O)C1(Cc2nc3ccccc3s2)CCCCC1)C1CCS(=O)(=O)C1. The third-order valence-electron chi connectivity index (χ3n) is 6.71. The zero-order valence-electron chi connectivity index (χ0n) is 18.4. The summed E-state index contributed by atoms with van der Waals surface area (Å²) in [5.41, 5.74) is 0.285. The number of thiazole rings is 1. The standard InChI is InChI=1S/C23H30N2O5S2/c1-2-25(17-10-13-32(28,29)16-17)21(26)15-30-22(27)23(11-6-3-7-12-23)14-20-24-18-8-4-5-9-19(18)31-20/h4-5,8-9,17H,2-3,6-7,10-16H2,1H3. The van der Waals surface area contributed by atoms with E-state index in [0.717, 1.165) is 47.3 Å². The number of aromatic nitrogens is 1. The largest absolute Gasteiger partial charge is 0.455 e. The molecule has 1 aliphatic heterocycles. The zero-order chi connectivity index (χ0) is 22.8. The van der Waals surface area contributed by atoms with E-state index in [2.05, 4.69) is 0 Å². The van der Waals surface area contributed by atoms with Crippen LogP contribution in [0.25, 0.3) is 10.2 Å². The quantitative estimate of drug-likeness (QED) is 0.567. The van der Waals surface area contributed by atoms with E-state index < -0.39 is 15.3 Å². The van der Waals surface area contributed by atoms with Crippen LogP contribution in [0.3, 0.4) is 0 Å². The topological polar surface area (TPSA) is 93.6 Å². The summed E-state index contributed by atoms with van der Waals surface area (Å²) in [7, 11) is -3.10. The highest BCUT2D eigenvalue weighted by Gasteiger charge is 2.42. The number of amides is 1. The summed E-state index contributed by atoms with van der Waals surface area (Å²) in [6, 6.07) is 7.61. The molecule has 1 unspecified atom stereocenters. The predicted molar refractivity (Wildman–Crippen MR) is 124 cm³/mol. The van der Waals surface area contributed by atoms with Gasteiger partial charge in [-0.3, -0.25) is 9.59 Å². The van der Waals surface area contributed by atoms with Crippen LogP contribution in [0.5, 0.6) is 0 Å². The monoisotopic (exact) mass is 478 g/mol. The zero-order valence-corrected chi connectivity index (χ0v) is 20.1. The van der Waals surface area contributed by atoms with Crippen LogP contribution in [-0.4, -0.2) is 60.9 Å². The molecule has 9 heteroatoms. The third-order valence-corrected chi connectivity index (χ3v) is 9.50. The van der Waals surface area contributed by atoms with Crippen molar-refractivity contribution in [3.63, 3.8) is 0 Å². The lowest BCUT2D eigenvalue weighted by Crippen LogP contribution is -2.44. The van der Waals surface area contributed by atoms with E-state index in [-0.39, 0.29) is 36.0 Å². The summed E-state index contributed by atoms with van der Waals surface area (Å²) in [6.07, 6.45) is 5.43. The van der Waals surface area contributed by atoms with E-state index in [1.165, 1.54) is 0 Å². The molecule has 2 aromatic rings. The lowest BCUT2D eigenvalue weighted by Gasteiger charge is -2.34. The molecule has 1 atom stereocenters. The second-order valence-corrected chi connectivity index (χ2v) is 12.2. The van der Waals surface area contributed by atoms with Gasteiger partial charge in [0.05, 0.1) is 32.1 Å². The summed E-state index contributed by atoms with van der Waals surface area (Å²) >= 11 is 1.61. The molecule has 32 heavy (non-hydrogen) atoms. The summed E-state index contributed by atoms with van der Waals surface area (Å²) in [6.45, 7) is 1.87. The van der Waals surface area contributed by atoms with Crippen LogP contribution in [0.1, 0.15) is 50.5 Å². The van der Waals surface area contributed by atoms with Crippen molar-refractivity contribution in [2.75, 3.05) is 24.7 Å². The number of ether oxygens (including phenoxy) is 1. The van der Waals surface area contributed by atoms with Crippen LogP contribution >= 0.6 is 11.3 Å². The Hall–Kier alpha value is -2.00. The maximum Gasteiger partial charge on any atom is 0.313 e. The van der Waals surface area contributed by atoms with Gasteiger partial charge in [0, 0.05) is 19.0 Å². The molecule has 174 valence electrons. The predicted octanol–water partition coefficient (Wildman–Crippen LogP) is 3.37. The summed E-state index contributed by atoms with van der Waals surface area (Å²) in [4.78, 5) is 32.3. The van der Waals surface area contributed by atoms with Gasteiger partial charge in [-0.1, -0.05) is 31.4 Å². The Labute approximate surface area is 193 Å². The second kappa shape index (κ2) is 9.47. The van der Waals surface area contributed by atoms with Crippen molar-refractivity contribution >= 4 is 43.3 Å². The Morgan fingerprint density at radius 3 is 2.62 bits per heavy atom. The molecule has 2 aliphatic rings. The minimum Gasteiger partial charge on any atom is -0.455 e. The molecule has 0 radical (unpaired) electrons.